The van der Waals surface area contributed by atoms with Gasteiger partial charge in [0, 0.05) is 24.2 Å². The molecule has 31 heavy (non-hydrogen) atoms. The normalized spacial score (nSPS) is 11.0. The van der Waals surface area contributed by atoms with Crippen LogP contribution < -0.4 is 15.4 Å². The van der Waals surface area contributed by atoms with Crippen LogP contribution in [-0.4, -0.2) is 41.6 Å². The molecule has 3 N–H and O–H groups in total. The number of carbonyl (C=O) groups is 2. The van der Waals surface area contributed by atoms with Gasteiger partial charge in [0.2, 0.25) is 0 Å². The predicted octanol–water partition coefficient (Wildman–Crippen LogP) is 2.65. The van der Waals surface area contributed by atoms with Gasteiger partial charge in [0.05, 0.1) is 18.1 Å². The molecule has 9 nitrogen and oxygen atoms in total. The molecule has 0 heterocycles. The van der Waals surface area contributed by atoms with Crippen LogP contribution in [0, 0.1) is 10.1 Å². The number of nitro benzene ring substituents is 1. The molecule has 2 amide bonds. The lowest BCUT2D eigenvalue weighted by atomic mass is 10.1. The highest BCUT2D eigenvalue weighted by atomic mass is 16.6. The standard InChI is InChI=1S/C22H25N3O6/c1-2-3-14-31-19-10-6-17(7-11-19)21(27)24-20(22(28)23-12-13-26)15-16-4-8-18(9-5-16)25(29)30/h4-11,15,26H,2-3,12-14H2,1H3,(H,23,28)(H,24,27)/b20-15+. The lowest BCUT2D eigenvalue weighted by molar-refractivity contribution is -0.384. The number of ether oxygens (including phenoxy) is 1. The quantitative estimate of drug-likeness (QED) is 0.219. The number of aliphatic hydroxyl groups excluding tert-OH is 1. The molecule has 2 aromatic rings. The second kappa shape index (κ2) is 12.1. The Balaban J connectivity index is 2.17. The maximum Gasteiger partial charge on any atom is 0.269 e. The Morgan fingerprint density at radius 2 is 1.81 bits per heavy atom. The van der Waals surface area contributed by atoms with Crippen LogP contribution in [0.3, 0.4) is 0 Å². The van der Waals surface area contributed by atoms with Crippen LogP contribution >= 0.6 is 0 Å². The average molecular weight is 427 g/mol. The molecule has 0 saturated heterocycles. The largest absolute Gasteiger partial charge is 0.494 e. The number of rotatable bonds is 11. The molecule has 0 bridgehead atoms. The van der Waals surface area contributed by atoms with E-state index in [0.29, 0.717) is 23.5 Å². The Labute approximate surface area is 179 Å². The number of carbonyl (C=O) groups excluding carboxylic acids is 2. The number of non-ortho nitro benzene ring substituents is 1. The molecule has 2 rings (SSSR count). The van der Waals surface area contributed by atoms with Crippen molar-refractivity contribution in [2.45, 2.75) is 19.8 Å². The zero-order valence-corrected chi connectivity index (χ0v) is 17.2. The Morgan fingerprint density at radius 3 is 2.39 bits per heavy atom. The summed E-state index contributed by atoms with van der Waals surface area (Å²) >= 11 is 0. The van der Waals surface area contributed by atoms with E-state index in [4.69, 9.17) is 9.84 Å². The van der Waals surface area contributed by atoms with Gasteiger partial charge in [-0.2, -0.15) is 0 Å². The minimum Gasteiger partial charge on any atom is -0.494 e. The van der Waals surface area contributed by atoms with E-state index < -0.39 is 16.7 Å². The fourth-order valence-electron chi connectivity index (χ4n) is 2.51. The highest BCUT2D eigenvalue weighted by molar-refractivity contribution is 6.05. The fourth-order valence-corrected chi connectivity index (χ4v) is 2.51. The zero-order valence-electron chi connectivity index (χ0n) is 17.2. The van der Waals surface area contributed by atoms with Crippen LogP contribution in [0.5, 0.6) is 5.75 Å². The third kappa shape index (κ3) is 7.56. The van der Waals surface area contributed by atoms with E-state index in [2.05, 4.69) is 17.6 Å². The number of amides is 2. The lowest BCUT2D eigenvalue weighted by Crippen LogP contribution is -2.36. The van der Waals surface area contributed by atoms with Crippen LogP contribution in [0.2, 0.25) is 0 Å². The summed E-state index contributed by atoms with van der Waals surface area (Å²) in [4.78, 5) is 35.3. The molecule has 0 aliphatic heterocycles. The van der Waals surface area contributed by atoms with Gasteiger partial charge in [-0.3, -0.25) is 19.7 Å². The van der Waals surface area contributed by atoms with E-state index in [1.165, 1.54) is 30.3 Å². The minimum atomic E-state index is -0.597. The number of hydrogen-bond acceptors (Lipinski definition) is 6. The van der Waals surface area contributed by atoms with Crippen LogP contribution in [0.25, 0.3) is 6.08 Å². The molecule has 0 aliphatic carbocycles. The predicted molar refractivity (Wildman–Crippen MR) is 115 cm³/mol. The van der Waals surface area contributed by atoms with Gasteiger partial charge in [-0.25, -0.2) is 0 Å². The monoisotopic (exact) mass is 427 g/mol. The Kier molecular flexibility index (Phi) is 9.18. The van der Waals surface area contributed by atoms with E-state index in [1.54, 1.807) is 24.3 Å². The van der Waals surface area contributed by atoms with Gasteiger partial charge >= 0.3 is 0 Å². The molecular formula is C22H25N3O6. The summed E-state index contributed by atoms with van der Waals surface area (Å²) in [6.07, 6.45) is 3.35. The van der Waals surface area contributed by atoms with E-state index in [-0.39, 0.29) is 24.5 Å². The van der Waals surface area contributed by atoms with Crippen molar-refractivity contribution in [3.63, 3.8) is 0 Å². The maximum absolute atomic E-state index is 12.6. The number of nitro groups is 1. The molecule has 0 spiro atoms. The van der Waals surface area contributed by atoms with Crippen molar-refractivity contribution in [3.8, 4) is 5.75 Å². The summed E-state index contributed by atoms with van der Waals surface area (Å²) in [5.41, 5.74) is 0.663. The Bertz CT molecular complexity index is 923. The smallest absolute Gasteiger partial charge is 0.269 e. The van der Waals surface area contributed by atoms with Gasteiger partial charge < -0.3 is 20.5 Å². The summed E-state index contributed by atoms with van der Waals surface area (Å²) in [5, 5.41) is 24.8. The number of nitrogens with one attached hydrogen (secondary N) is 2. The molecule has 2 aromatic carbocycles. The number of nitrogens with zero attached hydrogens (tertiary/aromatic N) is 1. The van der Waals surface area contributed by atoms with Crippen molar-refractivity contribution in [1.29, 1.82) is 0 Å². The van der Waals surface area contributed by atoms with E-state index in [0.717, 1.165) is 12.8 Å². The molecule has 164 valence electrons. The van der Waals surface area contributed by atoms with Crippen molar-refractivity contribution < 1.29 is 24.4 Å². The number of aliphatic hydroxyl groups is 1. The van der Waals surface area contributed by atoms with Gasteiger partial charge in [0.25, 0.3) is 17.5 Å². The first-order chi connectivity index (χ1) is 14.9. The van der Waals surface area contributed by atoms with E-state index >= 15 is 0 Å². The van der Waals surface area contributed by atoms with Crippen molar-refractivity contribution in [2.75, 3.05) is 19.8 Å². The third-order valence-electron chi connectivity index (χ3n) is 4.19. The molecule has 0 atom stereocenters. The zero-order chi connectivity index (χ0) is 22.6. The number of unbranched alkanes of at least 4 members (excludes halogenated alkanes) is 1. The summed E-state index contributed by atoms with van der Waals surface area (Å²) in [7, 11) is 0. The number of benzene rings is 2. The molecule has 0 radical (unpaired) electrons. The Hall–Kier alpha value is -3.72. The van der Waals surface area contributed by atoms with Crippen molar-refractivity contribution in [1.82, 2.24) is 10.6 Å². The van der Waals surface area contributed by atoms with Gasteiger partial charge in [0.1, 0.15) is 11.4 Å². The van der Waals surface area contributed by atoms with E-state index in [9.17, 15) is 19.7 Å². The van der Waals surface area contributed by atoms with Crippen LogP contribution in [0.1, 0.15) is 35.7 Å². The second-order valence-electron chi connectivity index (χ2n) is 6.57. The van der Waals surface area contributed by atoms with Gasteiger partial charge in [-0.1, -0.05) is 13.3 Å². The van der Waals surface area contributed by atoms with Crippen LogP contribution in [0.4, 0.5) is 5.69 Å². The number of hydrogen-bond donors (Lipinski definition) is 3. The average Bonchev–Trinajstić information content (AvgIpc) is 2.78. The van der Waals surface area contributed by atoms with Crippen LogP contribution in [0.15, 0.2) is 54.2 Å². The molecule has 0 aromatic heterocycles. The third-order valence-corrected chi connectivity index (χ3v) is 4.19. The molecule has 0 unspecified atom stereocenters. The highest BCUT2D eigenvalue weighted by Crippen LogP contribution is 2.15. The summed E-state index contributed by atoms with van der Waals surface area (Å²) in [6.45, 7) is 2.41. The molecular weight excluding hydrogens is 402 g/mol. The highest BCUT2D eigenvalue weighted by Gasteiger charge is 2.15. The summed E-state index contributed by atoms with van der Waals surface area (Å²) in [6, 6.07) is 12.1. The lowest BCUT2D eigenvalue weighted by Gasteiger charge is -2.11. The molecule has 0 fully saturated rings. The minimum absolute atomic E-state index is 0.0100. The first-order valence-electron chi connectivity index (χ1n) is 9.84. The topological polar surface area (TPSA) is 131 Å². The summed E-state index contributed by atoms with van der Waals surface area (Å²) < 4.78 is 5.57. The molecule has 9 heteroatoms. The van der Waals surface area contributed by atoms with Gasteiger partial charge in [-0.05, 0) is 54.5 Å². The van der Waals surface area contributed by atoms with Gasteiger partial charge in [0.15, 0.2) is 0 Å². The summed E-state index contributed by atoms with van der Waals surface area (Å²) in [5.74, 6) is -0.458. The van der Waals surface area contributed by atoms with E-state index in [1.807, 2.05) is 0 Å². The van der Waals surface area contributed by atoms with Crippen molar-refractivity contribution in [3.05, 3.63) is 75.5 Å². The fraction of sp³-hybridized carbons (Fsp3) is 0.273. The molecule has 0 saturated carbocycles. The first-order valence-corrected chi connectivity index (χ1v) is 9.84. The SMILES string of the molecule is CCCCOc1ccc(C(=O)N/C(=C/c2ccc([N+](=O)[O-])cc2)C(=O)NCCO)cc1. The second-order valence-corrected chi connectivity index (χ2v) is 6.57. The molecule has 0 aliphatic rings. The Morgan fingerprint density at radius 1 is 1.13 bits per heavy atom. The maximum atomic E-state index is 12.6. The first kappa shape index (κ1) is 23.6. The van der Waals surface area contributed by atoms with Crippen LogP contribution in [-0.2, 0) is 4.79 Å². The van der Waals surface area contributed by atoms with Crippen molar-refractivity contribution >= 4 is 23.6 Å². The van der Waals surface area contributed by atoms with Gasteiger partial charge in [-0.15, -0.1) is 0 Å². The van der Waals surface area contributed by atoms with Crippen molar-refractivity contribution in [2.24, 2.45) is 0 Å².